The SMILES string of the molecule is CCCCCCO[Si](OC(CBr)C(F)(F)F)(c1ccccc1)c1ccccc1. The van der Waals surface area contributed by atoms with Crippen LogP contribution in [0.15, 0.2) is 60.7 Å². The maximum absolute atomic E-state index is 13.6. The lowest BCUT2D eigenvalue weighted by atomic mass is 10.2. The molecule has 0 saturated carbocycles. The van der Waals surface area contributed by atoms with Crippen LogP contribution in [-0.2, 0) is 8.85 Å². The summed E-state index contributed by atoms with van der Waals surface area (Å²) in [7, 11) is -3.55. The van der Waals surface area contributed by atoms with Crippen molar-refractivity contribution in [2.24, 2.45) is 0 Å². The number of hydrogen-bond acceptors (Lipinski definition) is 2. The Hall–Kier alpha value is -1.15. The molecule has 1 atom stereocenters. The molecule has 2 aromatic carbocycles. The molecule has 0 aliphatic heterocycles. The highest BCUT2D eigenvalue weighted by molar-refractivity contribution is 9.09. The monoisotopic (exact) mass is 474 g/mol. The average Bonchev–Trinajstić information content (AvgIpc) is 2.70. The molecule has 0 aliphatic carbocycles. The second-order valence-electron chi connectivity index (χ2n) is 6.56. The van der Waals surface area contributed by atoms with Crippen LogP contribution in [0.3, 0.4) is 0 Å². The van der Waals surface area contributed by atoms with Gasteiger partial charge in [0.05, 0.1) is 0 Å². The first-order chi connectivity index (χ1) is 13.4. The molecule has 0 bridgehead atoms. The number of benzene rings is 2. The number of unbranched alkanes of at least 4 members (excludes halogenated alkanes) is 3. The van der Waals surface area contributed by atoms with Gasteiger partial charge >= 0.3 is 14.7 Å². The van der Waals surface area contributed by atoms with E-state index in [9.17, 15) is 13.2 Å². The number of alkyl halides is 4. The van der Waals surface area contributed by atoms with Crippen molar-refractivity contribution in [3.8, 4) is 0 Å². The highest BCUT2D eigenvalue weighted by atomic mass is 79.9. The Morgan fingerprint density at radius 3 is 1.86 bits per heavy atom. The normalized spacial score (nSPS) is 13.5. The first kappa shape index (κ1) is 23.1. The topological polar surface area (TPSA) is 18.5 Å². The molecule has 2 aromatic rings. The van der Waals surface area contributed by atoms with Gasteiger partial charge in [0.2, 0.25) is 0 Å². The van der Waals surface area contributed by atoms with Crippen molar-refractivity contribution in [1.82, 2.24) is 0 Å². The molecule has 0 saturated heterocycles. The maximum Gasteiger partial charge on any atom is 0.414 e. The molecule has 154 valence electrons. The van der Waals surface area contributed by atoms with E-state index in [1.165, 1.54) is 0 Å². The van der Waals surface area contributed by atoms with Crippen LogP contribution in [-0.4, -0.2) is 32.8 Å². The minimum Gasteiger partial charge on any atom is -0.388 e. The van der Waals surface area contributed by atoms with E-state index < -0.39 is 20.8 Å². The number of hydrogen-bond donors (Lipinski definition) is 0. The Bertz CT molecular complexity index is 644. The van der Waals surface area contributed by atoms with E-state index in [0.29, 0.717) is 17.0 Å². The van der Waals surface area contributed by atoms with Gasteiger partial charge < -0.3 is 8.85 Å². The Balaban J connectivity index is 2.45. The molecule has 2 nitrogen and oxygen atoms in total. The van der Waals surface area contributed by atoms with Gasteiger partial charge in [0.15, 0.2) is 6.10 Å². The average molecular weight is 475 g/mol. The Kier molecular flexibility index (Phi) is 9.20. The summed E-state index contributed by atoms with van der Waals surface area (Å²) in [6.45, 7) is 2.48. The summed E-state index contributed by atoms with van der Waals surface area (Å²) in [5.41, 5.74) is 0. The van der Waals surface area contributed by atoms with Gasteiger partial charge in [-0.15, -0.1) is 0 Å². The molecule has 0 radical (unpaired) electrons. The molecular formula is C21H26BrF3O2Si. The first-order valence-electron chi connectivity index (χ1n) is 9.49. The first-order valence-corrected chi connectivity index (χ1v) is 12.4. The van der Waals surface area contributed by atoms with E-state index in [1.807, 2.05) is 12.1 Å². The fourth-order valence-electron chi connectivity index (χ4n) is 2.95. The zero-order valence-corrected chi connectivity index (χ0v) is 18.5. The Morgan fingerprint density at radius 1 is 0.893 bits per heavy atom. The van der Waals surface area contributed by atoms with Gasteiger partial charge in [-0.2, -0.15) is 13.2 Å². The predicted molar refractivity (Wildman–Crippen MR) is 113 cm³/mol. The van der Waals surface area contributed by atoms with Crippen LogP contribution in [0.5, 0.6) is 0 Å². The highest BCUT2D eigenvalue weighted by Crippen LogP contribution is 2.28. The zero-order chi connectivity index (χ0) is 20.5. The van der Waals surface area contributed by atoms with Gasteiger partial charge in [0, 0.05) is 11.9 Å². The van der Waals surface area contributed by atoms with Crippen molar-refractivity contribution in [2.45, 2.75) is 44.9 Å². The van der Waals surface area contributed by atoms with Crippen molar-refractivity contribution < 1.29 is 22.0 Å². The largest absolute Gasteiger partial charge is 0.414 e. The summed E-state index contributed by atoms with van der Waals surface area (Å²) in [6, 6.07) is 18.1. The van der Waals surface area contributed by atoms with Crippen molar-refractivity contribution in [3.05, 3.63) is 60.7 Å². The molecule has 0 N–H and O–H groups in total. The van der Waals surface area contributed by atoms with Crippen LogP contribution in [0, 0.1) is 0 Å². The van der Waals surface area contributed by atoms with Gasteiger partial charge in [-0.25, -0.2) is 0 Å². The molecule has 7 heteroatoms. The quantitative estimate of drug-likeness (QED) is 0.253. The van der Waals surface area contributed by atoms with E-state index in [2.05, 4.69) is 22.9 Å². The van der Waals surface area contributed by atoms with E-state index in [-0.39, 0.29) is 5.33 Å². The minimum atomic E-state index is -4.49. The summed E-state index contributed by atoms with van der Waals surface area (Å²) in [6.07, 6.45) is -2.52. The highest BCUT2D eigenvalue weighted by Gasteiger charge is 2.51. The van der Waals surface area contributed by atoms with Crippen molar-refractivity contribution >= 4 is 34.9 Å². The van der Waals surface area contributed by atoms with Crippen molar-refractivity contribution in [1.29, 1.82) is 0 Å². The van der Waals surface area contributed by atoms with Crippen molar-refractivity contribution in [2.75, 3.05) is 11.9 Å². The molecule has 0 aliphatic rings. The second-order valence-corrected chi connectivity index (χ2v) is 10.1. The second kappa shape index (κ2) is 11.1. The zero-order valence-electron chi connectivity index (χ0n) is 15.9. The summed E-state index contributed by atoms with van der Waals surface area (Å²) in [4.78, 5) is 0. The molecule has 0 heterocycles. The van der Waals surface area contributed by atoms with E-state index >= 15 is 0 Å². The Labute approximate surface area is 174 Å². The van der Waals surface area contributed by atoms with Crippen LogP contribution in [0.1, 0.15) is 32.6 Å². The molecular weight excluding hydrogens is 449 g/mol. The van der Waals surface area contributed by atoms with Gasteiger partial charge in [-0.1, -0.05) is 103 Å². The van der Waals surface area contributed by atoms with E-state index in [0.717, 1.165) is 25.7 Å². The summed E-state index contributed by atoms with van der Waals surface area (Å²) < 4.78 is 52.9. The van der Waals surface area contributed by atoms with E-state index in [4.69, 9.17) is 8.85 Å². The summed E-state index contributed by atoms with van der Waals surface area (Å²) in [5, 5.41) is 1.00. The summed E-state index contributed by atoms with van der Waals surface area (Å²) in [5.74, 6) is 0. The third kappa shape index (κ3) is 6.17. The predicted octanol–water partition coefficient (Wildman–Crippen LogP) is 5.18. The van der Waals surface area contributed by atoms with Gasteiger partial charge in [0.25, 0.3) is 0 Å². The molecule has 1 unspecified atom stereocenters. The third-order valence-electron chi connectivity index (χ3n) is 4.42. The van der Waals surface area contributed by atoms with Gasteiger partial charge in [-0.3, -0.25) is 0 Å². The lowest BCUT2D eigenvalue weighted by Crippen LogP contribution is -2.66. The van der Waals surface area contributed by atoms with Gasteiger partial charge in [-0.05, 0) is 16.8 Å². The van der Waals surface area contributed by atoms with Gasteiger partial charge in [0.1, 0.15) is 0 Å². The van der Waals surface area contributed by atoms with Crippen LogP contribution < -0.4 is 10.4 Å². The lowest BCUT2D eigenvalue weighted by Gasteiger charge is -2.35. The number of rotatable bonds is 11. The van der Waals surface area contributed by atoms with Crippen LogP contribution in [0.25, 0.3) is 0 Å². The number of halogens is 4. The molecule has 0 amide bonds. The fourth-order valence-corrected chi connectivity index (χ4v) is 7.01. The van der Waals surface area contributed by atoms with Crippen LogP contribution in [0.2, 0.25) is 0 Å². The van der Waals surface area contributed by atoms with Crippen LogP contribution >= 0.6 is 15.9 Å². The minimum absolute atomic E-state index is 0.343. The molecule has 0 aromatic heterocycles. The maximum atomic E-state index is 13.6. The molecule has 28 heavy (non-hydrogen) atoms. The standard InChI is InChI=1S/C21H26BrF3O2Si/c1-2-3-4-11-16-26-28(18-12-7-5-8-13-18,19-14-9-6-10-15-19)27-20(17-22)21(23,24)25/h5-10,12-15,20H,2-4,11,16-17H2,1H3. The molecule has 2 rings (SSSR count). The molecule has 0 fully saturated rings. The molecule has 0 spiro atoms. The smallest absolute Gasteiger partial charge is 0.388 e. The van der Waals surface area contributed by atoms with Crippen molar-refractivity contribution in [3.63, 3.8) is 0 Å². The third-order valence-corrected chi connectivity index (χ3v) is 8.43. The summed E-state index contributed by atoms with van der Waals surface area (Å²) >= 11 is 2.97. The van der Waals surface area contributed by atoms with Crippen LogP contribution in [0.4, 0.5) is 13.2 Å². The Morgan fingerprint density at radius 2 is 1.43 bits per heavy atom. The fraction of sp³-hybridized carbons (Fsp3) is 0.429. The van der Waals surface area contributed by atoms with E-state index in [1.54, 1.807) is 48.5 Å². The lowest BCUT2D eigenvalue weighted by molar-refractivity contribution is -0.192.